The third kappa shape index (κ3) is 4.19. The van der Waals surface area contributed by atoms with Gasteiger partial charge in [-0.05, 0) is 66.3 Å². The lowest BCUT2D eigenvalue weighted by Crippen LogP contribution is -2.31. The minimum absolute atomic E-state index is 0.105. The van der Waals surface area contributed by atoms with Crippen molar-refractivity contribution in [2.24, 2.45) is 7.05 Å². The van der Waals surface area contributed by atoms with Crippen molar-refractivity contribution in [2.45, 2.75) is 13.8 Å². The molecule has 0 aliphatic carbocycles. The van der Waals surface area contributed by atoms with E-state index >= 15 is 0 Å². The summed E-state index contributed by atoms with van der Waals surface area (Å²) in [5.41, 5.74) is 0.935. The van der Waals surface area contributed by atoms with Crippen molar-refractivity contribution < 1.29 is 14.3 Å². The molecule has 0 aliphatic rings. The van der Waals surface area contributed by atoms with Crippen LogP contribution in [0.3, 0.4) is 0 Å². The van der Waals surface area contributed by atoms with Gasteiger partial charge in [-0.3, -0.25) is 9.59 Å². The second kappa shape index (κ2) is 7.56. The summed E-state index contributed by atoms with van der Waals surface area (Å²) in [5.74, 6) is -1.32. The van der Waals surface area contributed by atoms with Gasteiger partial charge in [-0.1, -0.05) is 0 Å². The number of halogens is 1. The number of aryl methyl sites for hydroxylation is 2. The predicted molar refractivity (Wildman–Crippen MR) is 97.0 cm³/mol. The number of benzene rings is 1. The van der Waals surface area contributed by atoms with Gasteiger partial charge in [-0.2, -0.15) is 5.10 Å². The van der Waals surface area contributed by atoms with Crippen molar-refractivity contribution in [1.82, 2.24) is 9.78 Å². The van der Waals surface area contributed by atoms with Crippen LogP contribution in [0.4, 0.5) is 5.69 Å². The molecular formula is C16H16IN3O4. The van der Waals surface area contributed by atoms with E-state index in [0.717, 1.165) is 8.25 Å². The number of anilines is 1. The van der Waals surface area contributed by atoms with E-state index in [0.29, 0.717) is 16.9 Å². The Kier molecular flexibility index (Phi) is 5.71. The van der Waals surface area contributed by atoms with Crippen molar-refractivity contribution in [3.8, 4) is 0 Å². The van der Waals surface area contributed by atoms with E-state index < -0.39 is 24.0 Å². The summed E-state index contributed by atoms with van der Waals surface area (Å²) in [5, 5.41) is 6.60. The molecule has 0 saturated carbocycles. The van der Waals surface area contributed by atoms with Gasteiger partial charge < -0.3 is 10.1 Å². The molecule has 8 heteroatoms. The minimum Gasteiger partial charge on any atom is -0.452 e. The SMILES string of the molecule is Cc1nn(C)c(=O)c(C(=O)OCC(=O)Nc2ccc(I)cc2)c1C. The molecule has 0 atom stereocenters. The fourth-order valence-corrected chi connectivity index (χ4v) is 2.38. The van der Waals surface area contributed by atoms with Crippen LogP contribution < -0.4 is 10.9 Å². The first-order valence-corrected chi connectivity index (χ1v) is 8.14. The van der Waals surface area contributed by atoms with Crippen LogP contribution in [-0.4, -0.2) is 28.3 Å². The van der Waals surface area contributed by atoms with E-state index in [2.05, 4.69) is 33.0 Å². The first kappa shape index (κ1) is 18.1. The number of hydrogen-bond donors (Lipinski definition) is 1. The van der Waals surface area contributed by atoms with Crippen LogP contribution in [-0.2, 0) is 16.6 Å². The Bertz CT molecular complexity index is 844. The lowest BCUT2D eigenvalue weighted by molar-refractivity contribution is -0.119. The Morgan fingerprint density at radius 3 is 2.50 bits per heavy atom. The van der Waals surface area contributed by atoms with Crippen LogP contribution in [0.2, 0.25) is 0 Å². The average Bonchev–Trinajstić information content (AvgIpc) is 2.53. The summed E-state index contributed by atoms with van der Waals surface area (Å²) in [6.45, 7) is 2.83. The first-order valence-electron chi connectivity index (χ1n) is 7.06. The molecule has 0 spiro atoms. The van der Waals surface area contributed by atoms with Crippen molar-refractivity contribution in [2.75, 3.05) is 11.9 Å². The number of carbonyl (C=O) groups is 2. The number of nitrogens with zero attached hydrogens (tertiary/aromatic N) is 2. The van der Waals surface area contributed by atoms with Gasteiger partial charge in [-0.15, -0.1) is 0 Å². The molecule has 0 saturated heterocycles. The maximum atomic E-state index is 12.1. The van der Waals surface area contributed by atoms with Crippen molar-refractivity contribution in [3.63, 3.8) is 0 Å². The second-order valence-corrected chi connectivity index (χ2v) is 6.39. The molecule has 1 amide bonds. The Labute approximate surface area is 152 Å². The van der Waals surface area contributed by atoms with E-state index in [4.69, 9.17) is 4.74 Å². The first-order chi connectivity index (χ1) is 11.3. The Morgan fingerprint density at radius 1 is 1.25 bits per heavy atom. The number of nitrogens with one attached hydrogen (secondary N) is 1. The Hall–Kier alpha value is -2.23. The highest BCUT2D eigenvalue weighted by molar-refractivity contribution is 14.1. The van der Waals surface area contributed by atoms with Crippen molar-refractivity contribution in [1.29, 1.82) is 0 Å². The molecule has 2 aromatic rings. The van der Waals surface area contributed by atoms with Crippen molar-refractivity contribution in [3.05, 3.63) is 55.0 Å². The van der Waals surface area contributed by atoms with Crippen LogP contribution in [0.15, 0.2) is 29.1 Å². The lowest BCUT2D eigenvalue weighted by Gasteiger charge is -2.10. The van der Waals surface area contributed by atoms with E-state index in [9.17, 15) is 14.4 Å². The summed E-state index contributed by atoms with van der Waals surface area (Å²) in [4.78, 5) is 36.0. The highest BCUT2D eigenvalue weighted by Crippen LogP contribution is 2.11. The quantitative estimate of drug-likeness (QED) is 0.578. The Morgan fingerprint density at radius 2 is 1.88 bits per heavy atom. The molecule has 0 bridgehead atoms. The highest BCUT2D eigenvalue weighted by atomic mass is 127. The molecule has 1 aromatic carbocycles. The van der Waals surface area contributed by atoms with Gasteiger partial charge in [0.15, 0.2) is 6.61 Å². The molecule has 0 aliphatic heterocycles. The molecule has 0 fully saturated rings. The molecule has 126 valence electrons. The zero-order valence-corrected chi connectivity index (χ0v) is 15.6. The summed E-state index contributed by atoms with van der Waals surface area (Å²) < 4.78 is 7.08. The normalized spacial score (nSPS) is 10.3. The van der Waals surface area contributed by atoms with Gasteiger partial charge in [0.2, 0.25) is 0 Å². The molecule has 7 nitrogen and oxygen atoms in total. The van der Waals surface area contributed by atoms with Gasteiger partial charge in [-0.25, -0.2) is 9.48 Å². The maximum absolute atomic E-state index is 12.1. The maximum Gasteiger partial charge on any atom is 0.344 e. The molecular weight excluding hydrogens is 425 g/mol. The topological polar surface area (TPSA) is 90.3 Å². The summed E-state index contributed by atoms with van der Waals surface area (Å²) >= 11 is 2.15. The van der Waals surface area contributed by atoms with Gasteiger partial charge in [0.25, 0.3) is 11.5 Å². The molecule has 1 aromatic heterocycles. The highest BCUT2D eigenvalue weighted by Gasteiger charge is 2.20. The monoisotopic (exact) mass is 441 g/mol. The van der Waals surface area contributed by atoms with Crippen LogP contribution in [0, 0.1) is 17.4 Å². The molecule has 2 rings (SSSR count). The largest absolute Gasteiger partial charge is 0.452 e. The van der Waals surface area contributed by atoms with E-state index in [-0.39, 0.29) is 5.56 Å². The van der Waals surface area contributed by atoms with Crippen LogP contribution >= 0.6 is 22.6 Å². The standard InChI is InChI=1S/C16H16IN3O4/c1-9-10(2)19-20(3)15(22)14(9)16(23)24-8-13(21)18-12-6-4-11(17)5-7-12/h4-7H,8H2,1-3H3,(H,18,21). The number of ether oxygens (including phenoxy) is 1. The number of carbonyl (C=O) groups excluding carboxylic acids is 2. The number of esters is 1. The third-order valence-electron chi connectivity index (χ3n) is 3.39. The molecule has 1 heterocycles. The number of rotatable bonds is 4. The van der Waals surface area contributed by atoms with E-state index in [1.165, 1.54) is 7.05 Å². The smallest absolute Gasteiger partial charge is 0.344 e. The zero-order chi connectivity index (χ0) is 17.9. The Balaban J connectivity index is 2.04. The number of aromatic nitrogens is 2. The van der Waals surface area contributed by atoms with Gasteiger partial charge >= 0.3 is 5.97 Å². The van der Waals surface area contributed by atoms with Crippen molar-refractivity contribution >= 4 is 40.2 Å². The van der Waals surface area contributed by atoms with Crippen LogP contribution in [0.25, 0.3) is 0 Å². The summed E-state index contributed by atoms with van der Waals surface area (Å²) in [6, 6.07) is 7.17. The van der Waals surface area contributed by atoms with Gasteiger partial charge in [0, 0.05) is 16.3 Å². The lowest BCUT2D eigenvalue weighted by atomic mass is 10.1. The summed E-state index contributed by atoms with van der Waals surface area (Å²) in [6.07, 6.45) is 0. The summed E-state index contributed by atoms with van der Waals surface area (Å²) in [7, 11) is 1.45. The molecule has 0 unspecified atom stereocenters. The van der Waals surface area contributed by atoms with E-state index in [1.807, 2.05) is 12.1 Å². The molecule has 1 N–H and O–H groups in total. The predicted octanol–water partition coefficient (Wildman–Crippen LogP) is 1.80. The van der Waals surface area contributed by atoms with Crippen LogP contribution in [0.1, 0.15) is 21.6 Å². The second-order valence-electron chi connectivity index (χ2n) is 5.15. The number of amides is 1. The molecule has 0 radical (unpaired) electrons. The van der Waals surface area contributed by atoms with Crippen LogP contribution in [0.5, 0.6) is 0 Å². The fraction of sp³-hybridized carbons (Fsp3) is 0.250. The molecule has 24 heavy (non-hydrogen) atoms. The minimum atomic E-state index is -0.837. The number of hydrogen-bond acceptors (Lipinski definition) is 5. The zero-order valence-electron chi connectivity index (χ0n) is 13.4. The fourth-order valence-electron chi connectivity index (χ4n) is 2.02. The van der Waals surface area contributed by atoms with E-state index in [1.54, 1.807) is 26.0 Å². The third-order valence-corrected chi connectivity index (χ3v) is 4.11. The van der Waals surface area contributed by atoms with Gasteiger partial charge in [0.1, 0.15) is 5.56 Å². The average molecular weight is 441 g/mol. The van der Waals surface area contributed by atoms with Gasteiger partial charge in [0.05, 0.1) is 5.69 Å².